The average Bonchev–Trinajstić information content (AvgIpc) is 3.74. The fourth-order valence-corrected chi connectivity index (χ4v) is 5.97. The Morgan fingerprint density at radius 1 is 0.976 bits per heavy atom. The lowest BCUT2D eigenvalue weighted by Crippen LogP contribution is -2.28. The van der Waals surface area contributed by atoms with Crippen molar-refractivity contribution in [2.45, 2.75) is 24.0 Å². The van der Waals surface area contributed by atoms with E-state index in [-0.39, 0.29) is 11.7 Å². The van der Waals surface area contributed by atoms with Crippen LogP contribution in [0.2, 0.25) is 0 Å². The molecule has 0 aliphatic heterocycles. The smallest absolute Gasteiger partial charge is 0.237 e. The summed E-state index contributed by atoms with van der Waals surface area (Å²) in [4.78, 5) is 29.2. The Bertz CT molecular complexity index is 1880. The Morgan fingerprint density at radius 3 is 2.40 bits per heavy atom. The summed E-state index contributed by atoms with van der Waals surface area (Å²) < 4.78 is 25.0. The number of rotatable bonds is 9. The van der Waals surface area contributed by atoms with Crippen molar-refractivity contribution in [1.82, 2.24) is 19.5 Å². The van der Waals surface area contributed by atoms with Gasteiger partial charge in [-0.15, -0.1) is 0 Å². The number of amides is 1. The summed E-state index contributed by atoms with van der Waals surface area (Å²) in [6.45, 7) is 0. The van der Waals surface area contributed by atoms with Gasteiger partial charge in [0.1, 0.15) is 11.3 Å². The van der Waals surface area contributed by atoms with Crippen LogP contribution in [-0.2, 0) is 32.8 Å². The molecule has 0 unspecified atom stereocenters. The maximum Gasteiger partial charge on any atom is 0.237 e. The van der Waals surface area contributed by atoms with Crippen molar-refractivity contribution in [3.8, 4) is 0 Å². The first-order valence-electron chi connectivity index (χ1n) is 13.6. The summed E-state index contributed by atoms with van der Waals surface area (Å²) in [5, 5.41) is 6.27. The van der Waals surface area contributed by atoms with E-state index in [1.807, 2.05) is 78.2 Å². The van der Waals surface area contributed by atoms with Gasteiger partial charge in [0.05, 0.1) is 22.4 Å². The van der Waals surface area contributed by atoms with E-state index in [4.69, 9.17) is 4.98 Å². The second-order valence-corrected chi connectivity index (χ2v) is 12.9. The topological polar surface area (TPSA) is 122 Å². The molecule has 2 N–H and O–H groups in total. The van der Waals surface area contributed by atoms with Crippen LogP contribution >= 0.6 is 0 Å². The van der Waals surface area contributed by atoms with Gasteiger partial charge < -0.3 is 14.8 Å². The van der Waals surface area contributed by atoms with Crippen molar-refractivity contribution in [3.05, 3.63) is 96.2 Å². The minimum atomic E-state index is -3.11. The van der Waals surface area contributed by atoms with Crippen molar-refractivity contribution in [1.29, 1.82) is 0 Å². The fraction of sp³-hybridized carbons (Fsp3) is 0.226. The van der Waals surface area contributed by atoms with Crippen LogP contribution in [0.5, 0.6) is 0 Å². The summed E-state index contributed by atoms with van der Waals surface area (Å²) in [5.74, 6) is 1.47. The molecule has 3 aromatic carbocycles. The first-order valence-corrected chi connectivity index (χ1v) is 15.6. The van der Waals surface area contributed by atoms with Gasteiger partial charge in [-0.05, 0) is 54.3 Å². The van der Waals surface area contributed by atoms with Crippen LogP contribution in [0.3, 0.4) is 0 Å². The largest absolute Gasteiger partial charge is 0.327 e. The first kappa shape index (κ1) is 27.4. The molecule has 1 fully saturated rings. The van der Waals surface area contributed by atoms with Gasteiger partial charge >= 0.3 is 0 Å². The zero-order chi connectivity index (χ0) is 29.5. The molecular formula is C31H31N7O3S. The van der Waals surface area contributed by atoms with Crippen LogP contribution in [0.15, 0.2) is 85.1 Å². The molecule has 2 aromatic heterocycles. The average molecular weight is 582 g/mol. The van der Waals surface area contributed by atoms with Gasteiger partial charge in [0.25, 0.3) is 0 Å². The Hall–Kier alpha value is -4.77. The van der Waals surface area contributed by atoms with Crippen molar-refractivity contribution in [2.75, 3.05) is 28.8 Å². The van der Waals surface area contributed by atoms with Gasteiger partial charge in [0, 0.05) is 32.2 Å². The van der Waals surface area contributed by atoms with E-state index in [9.17, 15) is 13.2 Å². The highest BCUT2D eigenvalue weighted by Gasteiger charge is 2.51. The molecule has 0 atom stereocenters. The summed E-state index contributed by atoms with van der Waals surface area (Å²) in [7, 11) is 0.692. The number of carbonyl (C=O) groups excluding carboxylic acids is 1. The van der Waals surface area contributed by atoms with Crippen LogP contribution in [0, 0.1) is 0 Å². The molecular weight excluding hydrogens is 550 g/mol. The highest BCUT2D eigenvalue weighted by Crippen LogP contribution is 2.49. The van der Waals surface area contributed by atoms with E-state index in [1.54, 1.807) is 30.5 Å². The molecule has 0 saturated heterocycles. The van der Waals surface area contributed by atoms with Gasteiger partial charge in [-0.3, -0.25) is 10.1 Å². The number of benzene rings is 3. The molecule has 1 saturated carbocycles. The van der Waals surface area contributed by atoms with Gasteiger partial charge in [0.15, 0.2) is 9.84 Å². The molecule has 1 amide bonds. The van der Waals surface area contributed by atoms with E-state index < -0.39 is 15.3 Å². The lowest BCUT2D eigenvalue weighted by atomic mass is 9.95. The predicted molar refractivity (Wildman–Crippen MR) is 165 cm³/mol. The SMILES string of the molecule is CN(c1ccnc(Nc2ccc(CS(C)(=O)=O)cc2)n1)c1cccc2c1nc(NC(=O)C1(c3ccccc3)CC1)n2C. The molecule has 0 radical (unpaired) electrons. The zero-order valence-corrected chi connectivity index (χ0v) is 24.4. The van der Waals surface area contributed by atoms with Crippen molar-refractivity contribution in [2.24, 2.45) is 7.05 Å². The summed E-state index contributed by atoms with van der Waals surface area (Å²) in [6.07, 6.45) is 4.51. The quantitative estimate of drug-likeness (QED) is 0.247. The van der Waals surface area contributed by atoms with Crippen molar-refractivity contribution >= 4 is 55.9 Å². The third-order valence-corrected chi connectivity index (χ3v) is 8.47. The van der Waals surface area contributed by atoms with E-state index in [0.717, 1.165) is 40.8 Å². The van der Waals surface area contributed by atoms with Crippen LogP contribution in [0.25, 0.3) is 11.0 Å². The first-order chi connectivity index (χ1) is 20.1. The minimum Gasteiger partial charge on any atom is -0.327 e. The van der Waals surface area contributed by atoms with Gasteiger partial charge in [-0.1, -0.05) is 48.5 Å². The van der Waals surface area contributed by atoms with Crippen molar-refractivity contribution in [3.63, 3.8) is 0 Å². The number of hydrogen-bond donors (Lipinski definition) is 2. The number of imidazole rings is 1. The van der Waals surface area contributed by atoms with Gasteiger partial charge in [0.2, 0.25) is 17.8 Å². The number of sulfone groups is 1. The third-order valence-electron chi connectivity index (χ3n) is 7.61. The number of nitrogens with zero attached hydrogens (tertiary/aromatic N) is 5. The molecule has 0 spiro atoms. The van der Waals surface area contributed by atoms with E-state index in [0.29, 0.717) is 23.3 Å². The molecule has 214 valence electrons. The normalized spacial score (nSPS) is 14.0. The predicted octanol–water partition coefficient (Wildman–Crippen LogP) is 5.09. The van der Waals surface area contributed by atoms with Crippen molar-refractivity contribution < 1.29 is 13.2 Å². The zero-order valence-electron chi connectivity index (χ0n) is 23.6. The lowest BCUT2D eigenvalue weighted by molar-refractivity contribution is -0.118. The number of fused-ring (bicyclic) bond motifs is 1. The molecule has 1 aliphatic rings. The van der Waals surface area contributed by atoms with E-state index in [2.05, 4.69) is 20.6 Å². The molecule has 10 nitrogen and oxygen atoms in total. The van der Waals surface area contributed by atoms with Crippen LogP contribution < -0.4 is 15.5 Å². The summed E-state index contributed by atoms with van der Waals surface area (Å²) in [5.41, 5.74) is 4.41. The molecule has 11 heteroatoms. The van der Waals surface area contributed by atoms with E-state index >= 15 is 0 Å². The number of carbonyl (C=O) groups is 1. The molecule has 42 heavy (non-hydrogen) atoms. The number of aromatic nitrogens is 4. The maximum atomic E-state index is 13.4. The molecule has 5 aromatic rings. The second kappa shape index (κ2) is 10.6. The Balaban J connectivity index is 1.23. The Kier molecular flexibility index (Phi) is 6.90. The van der Waals surface area contributed by atoms with E-state index in [1.165, 1.54) is 6.26 Å². The molecule has 2 heterocycles. The number of hydrogen-bond acceptors (Lipinski definition) is 8. The number of aryl methyl sites for hydroxylation is 1. The van der Waals surface area contributed by atoms with Crippen LogP contribution in [-0.4, -0.2) is 47.1 Å². The highest BCUT2D eigenvalue weighted by molar-refractivity contribution is 7.89. The fourth-order valence-electron chi connectivity index (χ4n) is 5.17. The molecule has 0 bridgehead atoms. The molecule has 1 aliphatic carbocycles. The number of para-hydroxylation sites is 1. The minimum absolute atomic E-state index is 0.0115. The molecule has 6 rings (SSSR count). The standard InChI is InChI=1S/C31H31N7O3S/c1-37(26-16-19-32-29(34-26)33-23-14-12-21(13-15-23)20-42(3,40)41)24-10-7-11-25-27(24)35-30(38(25)2)36-28(39)31(17-18-31)22-8-5-4-6-9-22/h4-16,19H,17-18,20H2,1-3H3,(H,32,33,34)(H,35,36,39). The third kappa shape index (κ3) is 5.42. The number of anilines is 5. The maximum absolute atomic E-state index is 13.4. The second-order valence-electron chi connectivity index (χ2n) is 10.7. The number of nitrogens with one attached hydrogen (secondary N) is 2. The van der Waals surface area contributed by atoms with Gasteiger partial charge in [-0.2, -0.15) is 4.98 Å². The highest BCUT2D eigenvalue weighted by atomic mass is 32.2. The summed E-state index contributed by atoms with van der Waals surface area (Å²) in [6, 6.07) is 24.7. The van der Waals surface area contributed by atoms with Gasteiger partial charge in [-0.25, -0.2) is 18.4 Å². The van der Waals surface area contributed by atoms with Crippen LogP contribution in [0.1, 0.15) is 24.0 Å². The Morgan fingerprint density at radius 2 is 1.71 bits per heavy atom. The Labute approximate surface area is 244 Å². The summed E-state index contributed by atoms with van der Waals surface area (Å²) >= 11 is 0. The van der Waals surface area contributed by atoms with Crippen LogP contribution in [0.4, 0.5) is 29.1 Å². The monoisotopic (exact) mass is 581 g/mol. The lowest BCUT2D eigenvalue weighted by Gasteiger charge is -2.19.